The van der Waals surface area contributed by atoms with Gasteiger partial charge in [-0.15, -0.1) is 0 Å². The highest BCUT2D eigenvalue weighted by Crippen LogP contribution is 2.22. The molecule has 0 aliphatic carbocycles. The maximum atomic E-state index is 10.4. The zero-order chi connectivity index (χ0) is 12.2. The summed E-state index contributed by atoms with van der Waals surface area (Å²) in [5.41, 5.74) is 0.0201. The van der Waals surface area contributed by atoms with Gasteiger partial charge in [0, 0.05) is 29.9 Å². The van der Waals surface area contributed by atoms with E-state index >= 15 is 0 Å². The summed E-state index contributed by atoms with van der Waals surface area (Å²) < 4.78 is 6.02. The van der Waals surface area contributed by atoms with Crippen LogP contribution in [0, 0.1) is 5.92 Å². The molecule has 1 N–H and O–H groups in total. The van der Waals surface area contributed by atoms with E-state index < -0.39 is 5.60 Å². The molecule has 0 aromatic carbocycles. The number of rotatable bonds is 5. The van der Waals surface area contributed by atoms with E-state index in [0.717, 1.165) is 10.2 Å². The fourth-order valence-corrected chi connectivity index (χ4v) is 1.73. The van der Waals surface area contributed by atoms with E-state index in [9.17, 15) is 5.11 Å². The van der Waals surface area contributed by atoms with Crippen molar-refractivity contribution in [2.75, 3.05) is 13.7 Å². The van der Waals surface area contributed by atoms with Gasteiger partial charge in [-0.05, 0) is 34.0 Å². The van der Waals surface area contributed by atoms with Crippen molar-refractivity contribution < 1.29 is 9.84 Å². The molecular weight excluding hydrogens is 270 g/mol. The molecule has 0 spiro atoms. The normalized spacial score (nSPS) is 15.1. The minimum atomic E-state index is -0.852. The van der Waals surface area contributed by atoms with E-state index in [1.807, 2.05) is 26.0 Å². The molecule has 0 radical (unpaired) electrons. The SMILES string of the molecule is COCC(O)(Cc1ccc(Br)cn1)C(C)C. The summed E-state index contributed by atoms with van der Waals surface area (Å²) in [5.74, 6) is 0.123. The maximum Gasteiger partial charge on any atom is 0.0957 e. The summed E-state index contributed by atoms with van der Waals surface area (Å²) in [5, 5.41) is 10.4. The minimum Gasteiger partial charge on any atom is -0.387 e. The molecule has 1 unspecified atom stereocenters. The van der Waals surface area contributed by atoms with Gasteiger partial charge in [0.15, 0.2) is 0 Å². The third kappa shape index (κ3) is 3.54. The molecule has 4 heteroatoms. The summed E-state index contributed by atoms with van der Waals surface area (Å²) in [7, 11) is 1.60. The topological polar surface area (TPSA) is 42.4 Å². The molecule has 16 heavy (non-hydrogen) atoms. The molecule has 0 amide bonds. The van der Waals surface area contributed by atoms with E-state index in [4.69, 9.17) is 4.74 Å². The van der Waals surface area contributed by atoms with Crippen molar-refractivity contribution in [2.24, 2.45) is 5.92 Å². The molecule has 0 fully saturated rings. The van der Waals surface area contributed by atoms with Gasteiger partial charge in [-0.25, -0.2) is 0 Å². The van der Waals surface area contributed by atoms with Gasteiger partial charge in [0.2, 0.25) is 0 Å². The first-order valence-corrected chi connectivity index (χ1v) is 6.09. The van der Waals surface area contributed by atoms with Crippen molar-refractivity contribution in [2.45, 2.75) is 25.9 Å². The molecule has 0 saturated heterocycles. The van der Waals surface area contributed by atoms with Gasteiger partial charge in [0.25, 0.3) is 0 Å². The van der Waals surface area contributed by atoms with Crippen molar-refractivity contribution in [1.29, 1.82) is 0 Å². The third-order valence-corrected chi connectivity index (χ3v) is 3.21. The Morgan fingerprint density at radius 1 is 1.50 bits per heavy atom. The minimum absolute atomic E-state index is 0.123. The summed E-state index contributed by atoms with van der Waals surface area (Å²) in [6.07, 6.45) is 2.24. The van der Waals surface area contributed by atoms with Gasteiger partial charge >= 0.3 is 0 Å². The van der Waals surface area contributed by atoms with E-state index in [1.54, 1.807) is 13.3 Å². The molecule has 1 aromatic heterocycles. The average molecular weight is 288 g/mol. The molecular formula is C12H18BrNO2. The van der Waals surface area contributed by atoms with Gasteiger partial charge in [-0.1, -0.05) is 13.8 Å². The number of aliphatic hydroxyl groups is 1. The smallest absolute Gasteiger partial charge is 0.0957 e. The van der Waals surface area contributed by atoms with E-state index in [0.29, 0.717) is 13.0 Å². The first kappa shape index (κ1) is 13.6. The third-order valence-electron chi connectivity index (χ3n) is 2.74. The monoisotopic (exact) mass is 287 g/mol. The summed E-state index contributed by atoms with van der Waals surface area (Å²) in [6.45, 7) is 4.29. The Hall–Kier alpha value is -0.450. The van der Waals surface area contributed by atoms with Crippen molar-refractivity contribution >= 4 is 15.9 Å². The standard InChI is InChI=1S/C12H18BrNO2/c1-9(2)12(15,8-16-3)6-11-5-4-10(13)7-14-11/h4-5,7,9,15H,6,8H2,1-3H3. The number of nitrogens with zero attached hydrogens (tertiary/aromatic N) is 1. The highest BCUT2D eigenvalue weighted by molar-refractivity contribution is 9.10. The molecule has 90 valence electrons. The lowest BCUT2D eigenvalue weighted by atomic mass is 9.86. The lowest BCUT2D eigenvalue weighted by molar-refractivity contribution is -0.0643. The highest BCUT2D eigenvalue weighted by atomic mass is 79.9. The molecule has 1 aromatic rings. The predicted octanol–water partition coefficient (Wildman–Crippen LogP) is 2.42. The average Bonchev–Trinajstić information content (AvgIpc) is 2.22. The van der Waals surface area contributed by atoms with E-state index in [1.165, 1.54) is 0 Å². The molecule has 1 atom stereocenters. The maximum absolute atomic E-state index is 10.4. The number of hydrogen-bond donors (Lipinski definition) is 1. The van der Waals surface area contributed by atoms with Crippen LogP contribution in [0.1, 0.15) is 19.5 Å². The van der Waals surface area contributed by atoms with Crippen LogP contribution in [0.5, 0.6) is 0 Å². The van der Waals surface area contributed by atoms with Gasteiger partial charge in [0.05, 0.1) is 12.2 Å². The number of hydrogen-bond acceptors (Lipinski definition) is 3. The Morgan fingerprint density at radius 3 is 2.62 bits per heavy atom. The Kier molecular flexibility index (Phi) is 4.89. The van der Waals surface area contributed by atoms with Crippen LogP contribution in [0.2, 0.25) is 0 Å². The van der Waals surface area contributed by atoms with Crippen molar-refractivity contribution in [3.63, 3.8) is 0 Å². The molecule has 0 bridgehead atoms. The fourth-order valence-electron chi connectivity index (χ4n) is 1.50. The van der Waals surface area contributed by atoms with Gasteiger partial charge in [-0.3, -0.25) is 4.98 Å². The quantitative estimate of drug-likeness (QED) is 0.904. The molecule has 0 saturated carbocycles. The first-order valence-electron chi connectivity index (χ1n) is 5.29. The molecule has 1 rings (SSSR count). The number of ether oxygens (including phenoxy) is 1. The van der Waals surface area contributed by atoms with Gasteiger partial charge < -0.3 is 9.84 Å². The van der Waals surface area contributed by atoms with Crippen LogP contribution in [-0.4, -0.2) is 29.4 Å². The second kappa shape index (κ2) is 5.75. The Bertz CT molecular complexity index is 326. The van der Waals surface area contributed by atoms with Crippen LogP contribution in [0.25, 0.3) is 0 Å². The Morgan fingerprint density at radius 2 is 2.19 bits per heavy atom. The number of halogens is 1. The van der Waals surface area contributed by atoms with E-state index in [2.05, 4.69) is 20.9 Å². The second-order valence-corrected chi connectivity index (χ2v) is 5.25. The highest BCUT2D eigenvalue weighted by Gasteiger charge is 2.31. The van der Waals surface area contributed by atoms with Crippen molar-refractivity contribution in [3.8, 4) is 0 Å². The summed E-state index contributed by atoms with van der Waals surface area (Å²) in [6, 6.07) is 3.84. The lowest BCUT2D eigenvalue weighted by Crippen LogP contribution is -2.42. The molecule has 0 aliphatic heterocycles. The van der Waals surface area contributed by atoms with Crippen molar-refractivity contribution in [3.05, 3.63) is 28.5 Å². The zero-order valence-corrected chi connectivity index (χ0v) is 11.5. The Balaban J connectivity index is 2.79. The zero-order valence-electron chi connectivity index (χ0n) is 9.90. The van der Waals surface area contributed by atoms with Crippen LogP contribution >= 0.6 is 15.9 Å². The molecule has 3 nitrogen and oxygen atoms in total. The van der Waals surface area contributed by atoms with Crippen LogP contribution in [0.3, 0.4) is 0 Å². The number of aromatic nitrogens is 1. The summed E-state index contributed by atoms with van der Waals surface area (Å²) in [4.78, 5) is 4.27. The summed E-state index contributed by atoms with van der Waals surface area (Å²) >= 11 is 3.34. The first-order chi connectivity index (χ1) is 7.48. The number of methoxy groups -OCH3 is 1. The van der Waals surface area contributed by atoms with Crippen LogP contribution < -0.4 is 0 Å². The van der Waals surface area contributed by atoms with Crippen LogP contribution in [0.15, 0.2) is 22.8 Å². The van der Waals surface area contributed by atoms with Crippen molar-refractivity contribution in [1.82, 2.24) is 4.98 Å². The molecule has 0 aliphatic rings. The Labute approximate surface area is 105 Å². The van der Waals surface area contributed by atoms with Crippen LogP contribution in [-0.2, 0) is 11.2 Å². The largest absolute Gasteiger partial charge is 0.387 e. The predicted molar refractivity (Wildman–Crippen MR) is 67.3 cm³/mol. The second-order valence-electron chi connectivity index (χ2n) is 4.34. The van der Waals surface area contributed by atoms with E-state index in [-0.39, 0.29) is 5.92 Å². The number of pyridine rings is 1. The van der Waals surface area contributed by atoms with Gasteiger partial charge in [-0.2, -0.15) is 0 Å². The van der Waals surface area contributed by atoms with Gasteiger partial charge in [0.1, 0.15) is 0 Å². The van der Waals surface area contributed by atoms with Crippen LogP contribution in [0.4, 0.5) is 0 Å². The molecule has 1 heterocycles. The fraction of sp³-hybridized carbons (Fsp3) is 0.583. The lowest BCUT2D eigenvalue weighted by Gasteiger charge is -2.31.